The van der Waals surface area contributed by atoms with Crippen LogP contribution in [0.5, 0.6) is 5.75 Å². The second-order valence-electron chi connectivity index (χ2n) is 6.72. The lowest BCUT2D eigenvalue weighted by molar-refractivity contribution is -0.274. The molecule has 0 radical (unpaired) electrons. The van der Waals surface area contributed by atoms with Gasteiger partial charge in [0, 0.05) is 18.4 Å². The normalized spacial score (nSPS) is 31.5. The van der Waals surface area contributed by atoms with Gasteiger partial charge in [-0.1, -0.05) is 6.07 Å². The van der Waals surface area contributed by atoms with E-state index >= 15 is 0 Å². The van der Waals surface area contributed by atoms with Crippen LogP contribution in [0.3, 0.4) is 0 Å². The Morgan fingerprint density at radius 2 is 1.76 bits per heavy atom. The summed E-state index contributed by atoms with van der Waals surface area (Å²) >= 11 is 0. The summed E-state index contributed by atoms with van der Waals surface area (Å²) in [5.74, 6) is -3.25. The largest absolute Gasteiger partial charge is 0.573 e. The zero-order valence-corrected chi connectivity index (χ0v) is 13.0. The first kappa shape index (κ1) is 16.1. The fraction of sp³-hybridized carbons (Fsp3) is 0.471. The molecule has 1 heterocycles. The van der Waals surface area contributed by atoms with Crippen LogP contribution in [0, 0.1) is 23.7 Å². The molecule has 5 nitrogen and oxygen atoms in total. The van der Waals surface area contributed by atoms with Gasteiger partial charge in [-0.15, -0.1) is 13.2 Å². The van der Waals surface area contributed by atoms with Crippen molar-refractivity contribution in [3.05, 3.63) is 24.3 Å². The number of halogens is 3. The molecule has 0 spiro atoms. The number of nitrogens with zero attached hydrogens (tertiary/aromatic N) is 1. The van der Waals surface area contributed by atoms with E-state index < -0.39 is 41.7 Å². The van der Waals surface area contributed by atoms with Crippen LogP contribution in [0.15, 0.2) is 24.3 Å². The molecular weight excluding hydrogens is 339 g/mol. The average molecular weight is 353 g/mol. The number of hydrogen-bond acceptors (Lipinski definition) is 4. The molecule has 2 bridgehead atoms. The van der Waals surface area contributed by atoms with Gasteiger partial charge in [0.25, 0.3) is 0 Å². The van der Waals surface area contributed by atoms with Crippen molar-refractivity contribution in [2.75, 3.05) is 4.90 Å². The Kier molecular flexibility index (Phi) is 3.42. The molecule has 1 saturated heterocycles. The summed E-state index contributed by atoms with van der Waals surface area (Å²) in [5.41, 5.74) is 0.0398. The summed E-state index contributed by atoms with van der Waals surface area (Å²) < 4.78 is 41.0. The fourth-order valence-corrected chi connectivity index (χ4v) is 4.46. The topological polar surface area (TPSA) is 63.7 Å². The van der Waals surface area contributed by atoms with Crippen molar-refractivity contribution in [3.63, 3.8) is 0 Å². The molecule has 4 atom stereocenters. The average Bonchev–Trinajstić information content (AvgIpc) is 2.79. The Morgan fingerprint density at radius 3 is 2.44 bits per heavy atom. The second kappa shape index (κ2) is 5.31. The number of hydrogen-bond donors (Lipinski definition) is 0. The first-order chi connectivity index (χ1) is 11.8. The van der Waals surface area contributed by atoms with Crippen LogP contribution in [-0.2, 0) is 14.4 Å². The predicted molar refractivity (Wildman–Crippen MR) is 78.4 cm³/mol. The third-order valence-electron chi connectivity index (χ3n) is 5.37. The molecule has 2 amide bonds. The lowest BCUT2D eigenvalue weighted by atomic mass is 9.59. The number of carbonyl (C=O) groups is 3. The van der Waals surface area contributed by atoms with E-state index in [9.17, 15) is 27.6 Å². The van der Waals surface area contributed by atoms with E-state index in [1.54, 1.807) is 0 Å². The van der Waals surface area contributed by atoms with E-state index in [0.29, 0.717) is 12.8 Å². The van der Waals surface area contributed by atoms with Crippen LogP contribution in [0.1, 0.15) is 19.3 Å². The highest BCUT2D eigenvalue weighted by atomic mass is 19.4. The fourth-order valence-electron chi connectivity index (χ4n) is 4.46. The number of Topliss-reactive ketones (excluding diaryl/α,β-unsaturated/α-hetero) is 1. The van der Waals surface area contributed by atoms with Gasteiger partial charge < -0.3 is 4.74 Å². The number of imide groups is 1. The van der Waals surface area contributed by atoms with Crippen molar-refractivity contribution in [2.24, 2.45) is 23.7 Å². The summed E-state index contributed by atoms with van der Waals surface area (Å²) in [6.07, 6.45) is -3.25. The van der Waals surface area contributed by atoms with E-state index in [1.807, 2.05) is 0 Å². The predicted octanol–water partition coefficient (Wildman–Crippen LogP) is 2.69. The number of ether oxygens (including phenoxy) is 1. The number of alkyl halides is 3. The van der Waals surface area contributed by atoms with Crippen LogP contribution < -0.4 is 9.64 Å². The Hall–Kier alpha value is -2.38. The van der Waals surface area contributed by atoms with Gasteiger partial charge in [-0.2, -0.15) is 0 Å². The number of fused-ring (bicyclic) bond motifs is 2. The lowest BCUT2D eigenvalue weighted by Gasteiger charge is -2.41. The van der Waals surface area contributed by atoms with Crippen LogP contribution in [-0.4, -0.2) is 24.0 Å². The van der Waals surface area contributed by atoms with Gasteiger partial charge in [-0.25, -0.2) is 4.90 Å². The monoisotopic (exact) mass is 353 g/mol. The molecule has 3 saturated carbocycles. The zero-order chi connectivity index (χ0) is 17.9. The van der Waals surface area contributed by atoms with Crippen LogP contribution >= 0.6 is 0 Å². The summed E-state index contributed by atoms with van der Waals surface area (Å²) in [4.78, 5) is 38.5. The van der Waals surface area contributed by atoms with Crippen molar-refractivity contribution in [1.29, 1.82) is 0 Å². The number of carbonyl (C=O) groups excluding carboxylic acids is 3. The molecule has 0 unspecified atom stereocenters. The van der Waals surface area contributed by atoms with Gasteiger partial charge in [0.15, 0.2) is 0 Å². The summed E-state index contributed by atoms with van der Waals surface area (Å²) in [6, 6.07) is 4.80. The van der Waals surface area contributed by atoms with Crippen molar-refractivity contribution in [3.8, 4) is 5.75 Å². The molecule has 1 aromatic carbocycles. The van der Waals surface area contributed by atoms with Gasteiger partial charge in [0.05, 0.1) is 17.5 Å². The minimum absolute atomic E-state index is 0.00894. The van der Waals surface area contributed by atoms with E-state index in [1.165, 1.54) is 12.1 Å². The molecule has 4 aliphatic rings. The van der Waals surface area contributed by atoms with Crippen molar-refractivity contribution in [1.82, 2.24) is 0 Å². The first-order valence-electron chi connectivity index (χ1n) is 8.02. The molecule has 1 aliphatic heterocycles. The highest BCUT2D eigenvalue weighted by Gasteiger charge is 2.61. The van der Waals surface area contributed by atoms with Crippen molar-refractivity contribution < 1.29 is 32.3 Å². The quantitative estimate of drug-likeness (QED) is 0.767. The summed E-state index contributed by atoms with van der Waals surface area (Å²) in [5, 5.41) is 0. The van der Waals surface area contributed by atoms with E-state index in [4.69, 9.17) is 0 Å². The van der Waals surface area contributed by atoms with Gasteiger partial charge in [0.2, 0.25) is 11.8 Å². The van der Waals surface area contributed by atoms with Crippen molar-refractivity contribution >= 4 is 23.3 Å². The van der Waals surface area contributed by atoms with Crippen LogP contribution in [0.2, 0.25) is 0 Å². The highest BCUT2D eigenvalue weighted by molar-refractivity contribution is 6.23. The van der Waals surface area contributed by atoms with Gasteiger partial charge in [0.1, 0.15) is 11.5 Å². The maximum atomic E-state index is 12.8. The molecule has 5 rings (SSSR count). The SMILES string of the molecule is O=C1C[C@H]2CC[C@@H]1[C@H]1C(=O)N(c3cccc(OC(F)(F)F)c3)C(=O)[C@@H]21. The van der Waals surface area contributed by atoms with Crippen LogP contribution in [0.4, 0.5) is 18.9 Å². The molecular formula is C17H14F3NO4. The maximum absolute atomic E-state index is 12.8. The maximum Gasteiger partial charge on any atom is 0.573 e. The summed E-state index contributed by atoms with van der Waals surface area (Å²) in [7, 11) is 0. The Labute approximate surface area is 140 Å². The number of benzene rings is 1. The highest BCUT2D eigenvalue weighted by Crippen LogP contribution is 2.52. The van der Waals surface area contributed by atoms with Crippen LogP contribution in [0.25, 0.3) is 0 Å². The first-order valence-corrected chi connectivity index (χ1v) is 8.02. The Morgan fingerprint density at radius 1 is 1.04 bits per heavy atom. The van der Waals surface area contributed by atoms with Gasteiger partial charge in [-0.05, 0) is 30.9 Å². The molecule has 0 aromatic heterocycles. The lowest BCUT2D eigenvalue weighted by Crippen LogP contribution is -2.46. The Bertz CT molecular complexity index is 775. The Balaban J connectivity index is 1.68. The molecule has 132 valence electrons. The minimum Gasteiger partial charge on any atom is -0.406 e. The molecule has 1 aromatic rings. The number of anilines is 1. The molecule has 0 N–H and O–H groups in total. The van der Waals surface area contributed by atoms with Gasteiger partial charge in [-0.3, -0.25) is 14.4 Å². The molecule has 4 fully saturated rings. The summed E-state index contributed by atoms with van der Waals surface area (Å²) in [6.45, 7) is 0. The zero-order valence-electron chi connectivity index (χ0n) is 13.0. The second-order valence-corrected chi connectivity index (χ2v) is 6.72. The third-order valence-corrected chi connectivity index (χ3v) is 5.37. The minimum atomic E-state index is -4.86. The number of rotatable bonds is 2. The molecule has 25 heavy (non-hydrogen) atoms. The molecule has 8 heteroatoms. The van der Waals surface area contributed by atoms with E-state index in [0.717, 1.165) is 23.5 Å². The smallest absolute Gasteiger partial charge is 0.406 e. The third kappa shape index (κ3) is 2.51. The van der Waals surface area contributed by atoms with Crippen molar-refractivity contribution in [2.45, 2.75) is 25.6 Å². The standard InChI is InChI=1S/C17H14F3NO4/c18-17(19,20)25-10-3-1-2-9(7-10)21-15(23)13-8-4-5-11(12(22)6-8)14(13)16(21)24/h1-3,7-8,11,13-14H,4-6H2/t8-,11+,13+,14-/m1/s1. The van der Waals surface area contributed by atoms with Gasteiger partial charge >= 0.3 is 6.36 Å². The van der Waals surface area contributed by atoms with E-state index in [2.05, 4.69) is 4.74 Å². The van der Waals surface area contributed by atoms with E-state index in [-0.39, 0.29) is 17.4 Å². The number of ketones is 1. The molecule has 3 aliphatic carbocycles. The number of amides is 2.